The number of aromatic nitrogens is 2. The van der Waals surface area contributed by atoms with Gasteiger partial charge >= 0.3 is 0 Å². The third-order valence-corrected chi connectivity index (χ3v) is 10.8. The van der Waals surface area contributed by atoms with Crippen LogP contribution in [0.15, 0.2) is 140 Å². The Morgan fingerprint density at radius 2 is 1.16 bits per heavy atom. The van der Waals surface area contributed by atoms with Gasteiger partial charge in [0.25, 0.3) is 0 Å². The Kier molecular flexibility index (Phi) is 5.31. The van der Waals surface area contributed by atoms with Crippen molar-refractivity contribution in [2.75, 3.05) is 0 Å². The highest BCUT2D eigenvalue weighted by molar-refractivity contribution is 7.20. The first-order valence-corrected chi connectivity index (χ1v) is 16.5. The second-order valence-electron chi connectivity index (χ2n) is 12.0. The number of hydrogen-bond donors (Lipinski definition) is 0. The molecule has 3 heteroatoms. The SMILES string of the molecule is C1=Cc2sc3c(-c4ccc5c(c4)c4ccccc4n5-c4ccccc4)cc4c5ccccc5n(-c5ccccc5)c4c3c2CC1. The van der Waals surface area contributed by atoms with Gasteiger partial charge in [-0.05, 0) is 84.6 Å². The lowest BCUT2D eigenvalue weighted by molar-refractivity contribution is 1.01. The monoisotopic (exact) mass is 592 g/mol. The molecule has 9 aromatic rings. The van der Waals surface area contributed by atoms with Gasteiger partial charge in [0.2, 0.25) is 0 Å². The zero-order valence-corrected chi connectivity index (χ0v) is 25.4. The van der Waals surface area contributed by atoms with Crippen LogP contribution in [0.2, 0.25) is 0 Å². The third kappa shape index (κ3) is 3.56. The number of fused-ring (bicyclic) bond motifs is 10. The quantitative estimate of drug-likeness (QED) is 0.193. The van der Waals surface area contributed by atoms with Crippen molar-refractivity contribution in [3.05, 3.63) is 150 Å². The minimum Gasteiger partial charge on any atom is -0.309 e. The molecule has 45 heavy (non-hydrogen) atoms. The Bertz CT molecular complexity index is 2630. The molecule has 1 aliphatic rings. The van der Waals surface area contributed by atoms with Crippen LogP contribution in [0.4, 0.5) is 0 Å². The van der Waals surface area contributed by atoms with Crippen molar-refractivity contribution in [3.63, 3.8) is 0 Å². The van der Waals surface area contributed by atoms with E-state index in [-0.39, 0.29) is 0 Å². The molecule has 0 atom stereocenters. The summed E-state index contributed by atoms with van der Waals surface area (Å²) in [5.41, 5.74) is 11.5. The Morgan fingerprint density at radius 1 is 0.533 bits per heavy atom. The summed E-state index contributed by atoms with van der Waals surface area (Å²) in [4.78, 5) is 1.40. The van der Waals surface area contributed by atoms with Crippen LogP contribution < -0.4 is 0 Å². The van der Waals surface area contributed by atoms with Crippen LogP contribution in [0.3, 0.4) is 0 Å². The minimum absolute atomic E-state index is 1.07. The first kappa shape index (κ1) is 25.0. The Balaban J connectivity index is 1.34. The molecule has 212 valence electrons. The van der Waals surface area contributed by atoms with Crippen molar-refractivity contribution >= 4 is 71.1 Å². The summed E-state index contributed by atoms with van der Waals surface area (Å²) in [7, 11) is 0. The molecule has 0 unspecified atom stereocenters. The maximum atomic E-state index is 2.50. The predicted octanol–water partition coefficient (Wildman–Crippen LogP) is 11.7. The van der Waals surface area contributed by atoms with E-state index in [4.69, 9.17) is 0 Å². The van der Waals surface area contributed by atoms with Crippen molar-refractivity contribution < 1.29 is 0 Å². The van der Waals surface area contributed by atoms with Crippen LogP contribution in [0.25, 0.3) is 82.3 Å². The third-order valence-electron chi connectivity index (χ3n) is 9.56. The van der Waals surface area contributed by atoms with Gasteiger partial charge in [0, 0.05) is 53.4 Å². The minimum atomic E-state index is 1.07. The number of allylic oxidation sites excluding steroid dienone is 1. The molecule has 0 radical (unpaired) electrons. The van der Waals surface area contributed by atoms with Crippen LogP contribution in [0, 0.1) is 0 Å². The normalized spacial score (nSPS) is 13.1. The summed E-state index contributed by atoms with van der Waals surface area (Å²) in [5, 5.41) is 6.60. The van der Waals surface area contributed by atoms with E-state index in [2.05, 4.69) is 155 Å². The second kappa shape index (κ2) is 9.56. The summed E-state index contributed by atoms with van der Waals surface area (Å²) in [5.74, 6) is 0. The number of benzene rings is 6. The number of hydrogen-bond acceptors (Lipinski definition) is 1. The predicted molar refractivity (Wildman–Crippen MR) is 193 cm³/mol. The van der Waals surface area contributed by atoms with E-state index >= 15 is 0 Å². The summed E-state index contributed by atoms with van der Waals surface area (Å²) < 4.78 is 6.28. The van der Waals surface area contributed by atoms with Gasteiger partial charge in [-0.2, -0.15) is 0 Å². The van der Waals surface area contributed by atoms with Gasteiger partial charge in [0.1, 0.15) is 0 Å². The van der Waals surface area contributed by atoms with E-state index in [9.17, 15) is 0 Å². The number of rotatable bonds is 3. The lowest BCUT2D eigenvalue weighted by Crippen LogP contribution is -1.96. The van der Waals surface area contributed by atoms with Gasteiger partial charge in [-0.25, -0.2) is 0 Å². The molecule has 0 spiro atoms. The topological polar surface area (TPSA) is 9.86 Å². The zero-order chi connectivity index (χ0) is 29.5. The Labute approximate surface area is 264 Å². The Morgan fingerprint density at radius 3 is 1.91 bits per heavy atom. The fourth-order valence-corrected chi connectivity index (χ4v) is 8.97. The van der Waals surface area contributed by atoms with E-state index in [1.807, 2.05) is 11.3 Å². The molecule has 0 fully saturated rings. The molecule has 2 nitrogen and oxygen atoms in total. The average Bonchev–Trinajstić information content (AvgIpc) is 3.76. The summed E-state index contributed by atoms with van der Waals surface area (Å²) >= 11 is 1.96. The molecule has 0 aliphatic heterocycles. The standard InChI is InChI=1S/C42H28N2S/c1-3-13-28(14-4-1)43-36-20-10-7-17-30(36)34-25-27(23-24-38(34)43)33-26-35-31-18-8-11-21-37(31)44(29-15-5-2-6-16-29)41(35)40-32-19-9-12-22-39(32)45-42(33)40/h1-8,10-18,20-26H,9,19H2. The number of aryl methyl sites for hydroxylation is 1. The van der Waals surface area contributed by atoms with Crippen LogP contribution >= 0.6 is 11.3 Å². The van der Waals surface area contributed by atoms with E-state index in [1.165, 1.54) is 86.6 Å². The second-order valence-corrected chi connectivity index (χ2v) is 13.1. The van der Waals surface area contributed by atoms with E-state index in [1.54, 1.807) is 0 Å². The summed E-state index contributed by atoms with van der Waals surface area (Å²) in [6.07, 6.45) is 6.85. The average molecular weight is 593 g/mol. The molecule has 10 rings (SSSR count). The molecule has 0 amide bonds. The maximum Gasteiger partial charge on any atom is 0.0631 e. The number of nitrogens with zero attached hydrogens (tertiary/aromatic N) is 2. The van der Waals surface area contributed by atoms with Gasteiger partial charge in [0.15, 0.2) is 0 Å². The Hall–Kier alpha value is -5.38. The zero-order valence-electron chi connectivity index (χ0n) is 24.6. The van der Waals surface area contributed by atoms with Gasteiger partial charge in [-0.15, -0.1) is 11.3 Å². The van der Waals surface area contributed by atoms with E-state index < -0.39 is 0 Å². The lowest BCUT2D eigenvalue weighted by atomic mass is 9.94. The van der Waals surface area contributed by atoms with Crippen molar-refractivity contribution in [2.45, 2.75) is 12.8 Å². The number of thiophene rings is 1. The molecule has 0 saturated heterocycles. The first-order valence-electron chi connectivity index (χ1n) is 15.7. The van der Waals surface area contributed by atoms with Crippen LogP contribution in [0.1, 0.15) is 16.9 Å². The van der Waals surface area contributed by atoms with Crippen LogP contribution in [-0.2, 0) is 6.42 Å². The lowest BCUT2D eigenvalue weighted by Gasteiger charge is -2.13. The molecule has 6 aromatic carbocycles. The molecular formula is C42H28N2S. The van der Waals surface area contributed by atoms with E-state index in [0.717, 1.165) is 12.8 Å². The molecule has 0 bridgehead atoms. The molecule has 3 heterocycles. The van der Waals surface area contributed by atoms with Gasteiger partial charge in [-0.3, -0.25) is 0 Å². The largest absolute Gasteiger partial charge is 0.309 e. The van der Waals surface area contributed by atoms with Gasteiger partial charge in [-0.1, -0.05) is 84.9 Å². The fraction of sp³-hybridized carbons (Fsp3) is 0.0476. The number of para-hydroxylation sites is 4. The molecule has 3 aromatic heterocycles. The van der Waals surface area contributed by atoms with Crippen molar-refractivity contribution in [1.29, 1.82) is 0 Å². The maximum absolute atomic E-state index is 2.50. The van der Waals surface area contributed by atoms with Gasteiger partial charge < -0.3 is 9.13 Å². The fourth-order valence-electron chi connectivity index (χ4n) is 7.65. The van der Waals surface area contributed by atoms with Crippen LogP contribution in [0.5, 0.6) is 0 Å². The summed E-state index contributed by atoms with van der Waals surface area (Å²) in [6.45, 7) is 0. The highest BCUT2D eigenvalue weighted by Gasteiger charge is 2.24. The smallest absolute Gasteiger partial charge is 0.0631 e. The van der Waals surface area contributed by atoms with Crippen molar-refractivity contribution in [3.8, 4) is 22.5 Å². The highest BCUT2D eigenvalue weighted by Crippen LogP contribution is 2.48. The molecule has 1 aliphatic carbocycles. The van der Waals surface area contributed by atoms with Crippen LogP contribution in [-0.4, -0.2) is 9.13 Å². The molecule has 0 N–H and O–H groups in total. The van der Waals surface area contributed by atoms with Gasteiger partial charge in [0.05, 0.1) is 22.1 Å². The molecular weight excluding hydrogens is 565 g/mol. The van der Waals surface area contributed by atoms with E-state index in [0.29, 0.717) is 0 Å². The summed E-state index contributed by atoms with van der Waals surface area (Å²) in [6, 6.07) is 48.9. The molecule has 0 saturated carbocycles. The van der Waals surface area contributed by atoms with Crippen molar-refractivity contribution in [1.82, 2.24) is 9.13 Å². The van der Waals surface area contributed by atoms with Crippen molar-refractivity contribution in [2.24, 2.45) is 0 Å². The first-order chi connectivity index (χ1) is 22.3. The highest BCUT2D eigenvalue weighted by atomic mass is 32.1.